The van der Waals surface area contributed by atoms with E-state index >= 15 is 0 Å². The highest BCUT2D eigenvalue weighted by Crippen LogP contribution is 2.33. The molecule has 0 amide bonds. The second-order valence-electron chi connectivity index (χ2n) is 4.91. The summed E-state index contributed by atoms with van der Waals surface area (Å²) in [5.41, 5.74) is 8.05. The molecule has 5 heteroatoms. The van der Waals surface area contributed by atoms with E-state index in [1.807, 2.05) is 23.6 Å². The Labute approximate surface area is 123 Å². The predicted octanol–water partition coefficient (Wildman–Crippen LogP) is 3.48. The van der Waals surface area contributed by atoms with Gasteiger partial charge >= 0.3 is 0 Å². The smallest absolute Gasteiger partial charge is 0.161 e. The molecule has 20 heavy (non-hydrogen) atoms. The van der Waals surface area contributed by atoms with Crippen molar-refractivity contribution in [2.24, 2.45) is 11.7 Å². The topological polar surface area (TPSA) is 57.4 Å². The molecule has 0 fully saturated rings. The molecule has 0 saturated carbocycles. The second kappa shape index (κ2) is 6.24. The van der Waals surface area contributed by atoms with Gasteiger partial charge in [0.15, 0.2) is 11.5 Å². The van der Waals surface area contributed by atoms with Crippen molar-refractivity contribution in [1.82, 2.24) is 4.98 Å². The molecule has 0 aliphatic rings. The van der Waals surface area contributed by atoms with Crippen LogP contribution in [0.2, 0.25) is 0 Å². The van der Waals surface area contributed by atoms with E-state index in [-0.39, 0.29) is 6.04 Å². The molecule has 2 N–H and O–H groups in total. The Kier molecular flexibility index (Phi) is 4.62. The van der Waals surface area contributed by atoms with Crippen LogP contribution >= 0.6 is 11.3 Å². The number of nitrogens with two attached hydrogens (primary N) is 1. The van der Waals surface area contributed by atoms with Crippen molar-refractivity contribution < 1.29 is 9.47 Å². The average Bonchev–Trinajstić information content (AvgIpc) is 2.95. The molecule has 4 nitrogen and oxygen atoms in total. The first-order valence-electron chi connectivity index (χ1n) is 6.50. The number of rotatable bonds is 5. The number of benzene rings is 1. The first kappa shape index (κ1) is 14.8. The molecule has 1 aromatic carbocycles. The fourth-order valence-corrected chi connectivity index (χ4v) is 2.86. The van der Waals surface area contributed by atoms with Gasteiger partial charge in [0.25, 0.3) is 0 Å². The van der Waals surface area contributed by atoms with Gasteiger partial charge in [-0.15, -0.1) is 11.3 Å². The minimum atomic E-state index is -0.0195. The van der Waals surface area contributed by atoms with Crippen molar-refractivity contribution in [3.05, 3.63) is 28.6 Å². The van der Waals surface area contributed by atoms with Crippen LogP contribution in [0.5, 0.6) is 11.5 Å². The third-order valence-corrected chi connectivity index (χ3v) is 4.15. The van der Waals surface area contributed by atoms with Crippen molar-refractivity contribution >= 4 is 11.3 Å². The highest BCUT2D eigenvalue weighted by Gasteiger charge is 2.16. The standard InChI is InChI=1S/C15H20N2O2S/c1-9(2)14(16)15-17-11(8-20-15)10-5-6-12(18-3)13(7-10)19-4/h5-9,14H,16H2,1-4H3. The third-order valence-electron chi connectivity index (χ3n) is 3.20. The number of nitrogens with zero attached hydrogens (tertiary/aromatic N) is 1. The molecule has 1 atom stereocenters. The fourth-order valence-electron chi connectivity index (χ4n) is 1.85. The Morgan fingerprint density at radius 2 is 1.85 bits per heavy atom. The summed E-state index contributed by atoms with van der Waals surface area (Å²) in [7, 11) is 3.25. The summed E-state index contributed by atoms with van der Waals surface area (Å²) in [6.45, 7) is 4.20. The van der Waals surface area contributed by atoms with E-state index in [4.69, 9.17) is 15.2 Å². The van der Waals surface area contributed by atoms with E-state index in [1.165, 1.54) is 0 Å². The molecule has 108 valence electrons. The maximum atomic E-state index is 6.13. The largest absolute Gasteiger partial charge is 0.493 e. The van der Waals surface area contributed by atoms with Crippen LogP contribution in [0.15, 0.2) is 23.6 Å². The van der Waals surface area contributed by atoms with Gasteiger partial charge in [0, 0.05) is 10.9 Å². The van der Waals surface area contributed by atoms with Gasteiger partial charge in [0.2, 0.25) is 0 Å². The van der Waals surface area contributed by atoms with Crippen LogP contribution < -0.4 is 15.2 Å². The highest BCUT2D eigenvalue weighted by atomic mass is 32.1. The van der Waals surface area contributed by atoms with Gasteiger partial charge in [-0.2, -0.15) is 0 Å². The zero-order valence-electron chi connectivity index (χ0n) is 12.2. The number of aromatic nitrogens is 1. The van der Waals surface area contributed by atoms with Crippen LogP contribution in [-0.2, 0) is 0 Å². The van der Waals surface area contributed by atoms with Crippen LogP contribution in [-0.4, -0.2) is 19.2 Å². The summed E-state index contributed by atoms with van der Waals surface area (Å²) >= 11 is 1.60. The lowest BCUT2D eigenvalue weighted by molar-refractivity contribution is 0.355. The van der Waals surface area contributed by atoms with Gasteiger partial charge in [-0.05, 0) is 24.1 Å². The molecule has 0 radical (unpaired) electrons. The first-order chi connectivity index (χ1) is 9.56. The van der Waals surface area contributed by atoms with Crippen LogP contribution in [0, 0.1) is 5.92 Å². The summed E-state index contributed by atoms with van der Waals surface area (Å²) in [4.78, 5) is 4.63. The zero-order valence-corrected chi connectivity index (χ0v) is 13.0. The van der Waals surface area contributed by atoms with Crippen molar-refractivity contribution in [3.8, 4) is 22.8 Å². The van der Waals surface area contributed by atoms with Crippen molar-refractivity contribution in [2.75, 3.05) is 14.2 Å². The van der Waals surface area contributed by atoms with Gasteiger partial charge in [-0.1, -0.05) is 13.8 Å². The van der Waals surface area contributed by atoms with Gasteiger partial charge in [-0.25, -0.2) is 4.98 Å². The Balaban J connectivity index is 2.33. The normalized spacial score (nSPS) is 12.5. The van der Waals surface area contributed by atoms with E-state index in [0.29, 0.717) is 17.4 Å². The third kappa shape index (κ3) is 2.94. The molecule has 0 bridgehead atoms. The Morgan fingerprint density at radius 1 is 1.15 bits per heavy atom. The number of methoxy groups -OCH3 is 2. The lowest BCUT2D eigenvalue weighted by atomic mass is 10.1. The Hall–Kier alpha value is -1.59. The minimum absolute atomic E-state index is 0.0195. The number of thiazole rings is 1. The number of hydrogen-bond acceptors (Lipinski definition) is 5. The first-order valence-corrected chi connectivity index (χ1v) is 7.38. The maximum Gasteiger partial charge on any atom is 0.161 e. The van der Waals surface area contributed by atoms with Gasteiger partial charge in [-0.3, -0.25) is 0 Å². The van der Waals surface area contributed by atoms with Gasteiger partial charge in [0.05, 0.1) is 26.0 Å². The SMILES string of the molecule is COc1ccc(-c2csc(C(N)C(C)C)n2)cc1OC. The molecule has 0 saturated heterocycles. The summed E-state index contributed by atoms with van der Waals surface area (Å²) in [5.74, 6) is 1.79. The molecule has 1 heterocycles. The maximum absolute atomic E-state index is 6.13. The predicted molar refractivity (Wildman–Crippen MR) is 82.4 cm³/mol. The van der Waals surface area contributed by atoms with Crippen molar-refractivity contribution in [3.63, 3.8) is 0 Å². The summed E-state index contributed by atoms with van der Waals surface area (Å²) < 4.78 is 10.6. The highest BCUT2D eigenvalue weighted by molar-refractivity contribution is 7.10. The minimum Gasteiger partial charge on any atom is -0.493 e. The van der Waals surface area contributed by atoms with E-state index in [1.54, 1.807) is 25.6 Å². The van der Waals surface area contributed by atoms with Crippen LogP contribution in [0.25, 0.3) is 11.3 Å². The Bertz CT molecular complexity index is 581. The molecule has 1 unspecified atom stereocenters. The molecule has 0 aliphatic carbocycles. The number of ether oxygens (including phenoxy) is 2. The lowest BCUT2D eigenvalue weighted by Crippen LogP contribution is -2.16. The second-order valence-corrected chi connectivity index (χ2v) is 5.80. The van der Waals surface area contributed by atoms with Gasteiger partial charge < -0.3 is 15.2 Å². The molecule has 0 aliphatic heterocycles. The summed E-state index contributed by atoms with van der Waals surface area (Å²) in [6.07, 6.45) is 0. The number of hydrogen-bond donors (Lipinski definition) is 1. The van der Waals surface area contributed by atoms with Crippen LogP contribution in [0.3, 0.4) is 0 Å². The van der Waals surface area contributed by atoms with E-state index < -0.39 is 0 Å². The van der Waals surface area contributed by atoms with Crippen molar-refractivity contribution in [2.45, 2.75) is 19.9 Å². The van der Waals surface area contributed by atoms with E-state index in [2.05, 4.69) is 18.8 Å². The molecule has 2 aromatic rings. The van der Waals surface area contributed by atoms with E-state index in [9.17, 15) is 0 Å². The molecule has 1 aromatic heterocycles. The molecule has 0 spiro atoms. The van der Waals surface area contributed by atoms with E-state index in [0.717, 1.165) is 16.3 Å². The Morgan fingerprint density at radius 3 is 2.45 bits per heavy atom. The zero-order chi connectivity index (χ0) is 14.7. The average molecular weight is 292 g/mol. The molecular weight excluding hydrogens is 272 g/mol. The molecular formula is C15H20N2O2S. The summed E-state index contributed by atoms with van der Waals surface area (Å²) in [5, 5.41) is 2.99. The molecule has 2 rings (SSSR count). The van der Waals surface area contributed by atoms with Crippen molar-refractivity contribution in [1.29, 1.82) is 0 Å². The monoisotopic (exact) mass is 292 g/mol. The van der Waals surface area contributed by atoms with Crippen LogP contribution in [0.1, 0.15) is 24.9 Å². The summed E-state index contributed by atoms with van der Waals surface area (Å²) in [6, 6.07) is 5.77. The van der Waals surface area contributed by atoms with Crippen LogP contribution in [0.4, 0.5) is 0 Å². The fraction of sp³-hybridized carbons (Fsp3) is 0.400. The quantitative estimate of drug-likeness (QED) is 0.916. The lowest BCUT2D eigenvalue weighted by Gasteiger charge is -2.11. The van der Waals surface area contributed by atoms with Gasteiger partial charge in [0.1, 0.15) is 5.01 Å².